The fourth-order valence-electron chi connectivity index (χ4n) is 0.944. The van der Waals surface area contributed by atoms with Crippen LogP contribution in [0.2, 0.25) is 0 Å². The summed E-state index contributed by atoms with van der Waals surface area (Å²) >= 11 is 0. The molecule has 0 saturated carbocycles. The van der Waals surface area contributed by atoms with Gasteiger partial charge in [0.2, 0.25) is 0 Å². The van der Waals surface area contributed by atoms with E-state index in [1.54, 1.807) is 0 Å². The zero-order chi connectivity index (χ0) is 12.5. The average molecular weight is 251 g/mol. The van der Waals surface area contributed by atoms with E-state index in [4.69, 9.17) is 5.73 Å². The van der Waals surface area contributed by atoms with E-state index in [1.807, 2.05) is 0 Å². The van der Waals surface area contributed by atoms with Crippen LogP contribution >= 0.6 is 0 Å². The van der Waals surface area contributed by atoms with Crippen LogP contribution in [0.15, 0.2) is 17.0 Å². The van der Waals surface area contributed by atoms with E-state index in [-0.39, 0.29) is 0 Å². The number of rotatable bonds is 2. The number of anilines is 1. The van der Waals surface area contributed by atoms with Gasteiger partial charge in [-0.15, -0.1) is 0 Å². The van der Waals surface area contributed by atoms with Gasteiger partial charge in [-0.3, -0.25) is 0 Å². The van der Waals surface area contributed by atoms with Crippen molar-refractivity contribution < 1.29 is 22.0 Å². The van der Waals surface area contributed by atoms with Crippen LogP contribution in [0.1, 0.15) is 0 Å². The Hall–Kier alpha value is -1.90. The molecular weight excluding hydrogens is 244 g/mol. The number of benzene rings is 1. The zero-order valence-corrected chi connectivity index (χ0v) is 8.51. The number of halogens is 2. The Morgan fingerprint density at radius 2 is 1.88 bits per heavy atom. The van der Waals surface area contributed by atoms with Crippen LogP contribution in [0.4, 0.5) is 19.3 Å². The maximum Gasteiger partial charge on any atom is 0.326 e. The predicted molar refractivity (Wildman–Crippen MR) is 50.7 cm³/mol. The minimum atomic E-state index is -4.48. The third-order valence-corrected chi connectivity index (χ3v) is 2.98. The summed E-state index contributed by atoms with van der Waals surface area (Å²) in [5.41, 5.74) is 8.58. The predicted octanol–water partition coefficient (Wildman–Crippen LogP) is -0.0960. The number of hydrogen-bond acceptors (Lipinski definition) is 4. The van der Waals surface area contributed by atoms with E-state index in [1.165, 1.54) is 4.72 Å². The molecular formula is C7H7F2N3O3S. The van der Waals surface area contributed by atoms with Gasteiger partial charge in [0.25, 0.3) is 10.0 Å². The van der Waals surface area contributed by atoms with E-state index in [0.29, 0.717) is 12.1 Å². The summed E-state index contributed by atoms with van der Waals surface area (Å²) in [5, 5.41) is 0. The summed E-state index contributed by atoms with van der Waals surface area (Å²) in [5.74, 6) is -2.58. The van der Waals surface area contributed by atoms with Crippen molar-refractivity contribution in [3.8, 4) is 0 Å². The summed E-state index contributed by atoms with van der Waals surface area (Å²) in [6.45, 7) is 0. The molecule has 5 N–H and O–H groups in total. The number of urea groups is 1. The lowest BCUT2D eigenvalue weighted by atomic mass is 10.3. The number of nitrogens with one attached hydrogen (secondary N) is 1. The highest BCUT2D eigenvalue weighted by Crippen LogP contribution is 2.22. The molecule has 0 bridgehead atoms. The smallest absolute Gasteiger partial charge is 0.326 e. The van der Waals surface area contributed by atoms with Crippen molar-refractivity contribution in [1.82, 2.24) is 4.72 Å². The Morgan fingerprint density at radius 3 is 2.38 bits per heavy atom. The molecule has 0 spiro atoms. The number of hydrogen-bond donors (Lipinski definition) is 3. The lowest BCUT2D eigenvalue weighted by molar-refractivity contribution is 0.253. The van der Waals surface area contributed by atoms with Gasteiger partial charge >= 0.3 is 6.03 Å². The molecule has 0 fully saturated rings. The lowest BCUT2D eigenvalue weighted by Gasteiger charge is -2.07. The molecule has 0 heterocycles. The maximum absolute atomic E-state index is 13.3. The molecule has 0 aliphatic carbocycles. The van der Waals surface area contributed by atoms with Gasteiger partial charge in [-0.05, 0) is 12.1 Å². The van der Waals surface area contributed by atoms with Gasteiger partial charge in [-0.1, -0.05) is 0 Å². The Balaban J connectivity index is 3.35. The minimum absolute atomic E-state index is 0.631. The average Bonchev–Trinajstić information content (AvgIpc) is 2.11. The van der Waals surface area contributed by atoms with Gasteiger partial charge < -0.3 is 11.5 Å². The molecule has 0 radical (unpaired) electrons. The summed E-state index contributed by atoms with van der Waals surface area (Å²) in [7, 11) is -4.48. The molecule has 6 nitrogen and oxygen atoms in total. The molecule has 0 atom stereocenters. The van der Waals surface area contributed by atoms with E-state index in [0.717, 1.165) is 0 Å². The topological polar surface area (TPSA) is 115 Å². The van der Waals surface area contributed by atoms with Crippen molar-refractivity contribution in [2.75, 3.05) is 5.73 Å². The van der Waals surface area contributed by atoms with E-state index in [2.05, 4.69) is 5.73 Å². The number of nitrogen functional groups attached to an aromatic ring is 1. The highest BCUT2D eigenvalue weighted by molar-refractivity contribution is 7.90. The Kier molecular flexibility index (Phi) is 2.99. The van der Waals surface area contributed by atoms with Gasteiger partial charge in [0.05, 0.1) is 0 Å². The summed E-state index contributed by atoms with van der Waals surface area (Å²) in [6.07, 6.45) is 0. The molecule has 0 unspecified atom stereocenters. The highest BCUT2D eigenvalue weighted by atomic mass is 32.2. The number of primary amides is 1. The first-order chi connectivity index (χ1) is 7.25. The molecule has 9 heteroatoms. The molecule has 0 aliphatic rings. The molecule has 0 saturated heterocycles. The normalized spacial score (nSPS) is 11.1. The molecule has 2 amide bonds. The molecule has 1 rings (SSSR count). The monoisotopic (exact) mass is 251 g/mol. The van der Waals surface area contributed by atoms with Crippen LogP contribution in [-0.2, 0) is 10.0 Å². The number of carbonyl (C=O) groups excluding carboxylic acids is 1. The zero-order valence-electron chi connectivity index (χ0n) is 7.70. The standard InChI is InChI=1S/C7H7F2N3O3S/c8-3-1-2-4(5(9)6(3)10)16(14,15)12-7(11)13/h1-2H,10H2,(H3,11,12,13). The largest absolute Gasteiger partial charge is 0.394 e. The molecule has 88 valence electrons. The summed E-state index contributed by atoms with van der Waals surface area (Å²) < 4.78 is 49.9. The first-order valence-corrected chi connectivity index (χ1v) is 5.29. The van der Waals surface area contributed by atoms with Crippen molar-refractivity contribution in [3.05, 3.63) is 23.8 Å². The van der Waals surface area contributed by atoms with Crippen molar-refractivity contribution >= 4 is 21.7 Å². The third-order valence-electron chi connectivity index (χ3n) is 1.62. The summed E-state index contributed by atoms with van der Waals surface area (Å²) in [4.78, 5) is 9.40. The van der Waals surface area contributed by atoms with Crippen molar-refractivity contribution in [1.29, 1.82) is 0 Å². The number of carbonyl (C=O) groups is 1. The van der Waals surface area contributed by atoms with E-state index < -0.39 is 38.3 Å². The van der Waals surface area contributed by atoms with E-state index in [9.17, 15) is 22.0 Å². The van der Waals surface area contributed by atoms with Crippen LogP contribution in [0.5, 0.6) is 0 Å². The molecule has 16 heavy (non-hydrogen) atoms. The second-order valence-corrected chi connectivity index (χ2v) is 4.39. The number of nitrogens with two attached hydrogens (primary N) is 2. The molecule has 0 aromatic heterocycles. The first kappa shape index (κ1) is 12.2. The van der Waals surface area contributed by atoms with Gasteiger partial charge in [0, 0.05) is 0 Å². The lowest BCUT2D eigenvalue weighted by Crippen LogP contribution is -2.35. The molecule has 0 aliphatic heterocycles. The fourth-order valence-corrected chi connectivity index (χ4v) is 1.91. The Labute approximate surface area is 89.3 Å². The van der Waals surface area contributed by atoms with Crippen molar-refractivity contribution in [2.45, 2.75) is 4.90 Å². The second kappa shape index (κ2) is 3.93. The van der Waals surface area contributed by atoms with Crippen molar-refractivity contribution in [3.63, 3.8) is 0 Å². The Bertz CT molecular complexity index is 544. The number of amides is 2. The highest BCUT2D eigenvalue weighted by Gasteiger charge is 2.23. The second-order valence-electron chi connectivity index (χ2n) is 2.74. The molecule has 1 aromatic carbocycles. The fraction of sp³-hybridized carbons (Fsp3) is 0. The summed E-state index contributed by atoms with van der Waals surface area (Å²) in [6, 6.07) is -0.0948. The van der Waals surface area contributed by atoms with Gasteiger partial charge in [0.15, 0.2) is 5.82 Å². The number of sulfonamides is 1. The third kappa shape index (κ3) is 2.19. The maximum atomic E-state index is 13.3. The van der Waals surface area contributed by atoms with Crippen LogP contribution in [0.3, 0.4) is 0 Å². The van der Waals surface area contributed by atoms with Crippen LogP contribution in [0.25, 0.3) is 0 Å². The van der Waals surface area contributed by atoms with Crippen LogP contribution < -0.4 is 16.2 Å². The van der Waals surface area contributed by atoms with Gasteiger partial charge in [-0.25, -0.2) is 26.7 Å². The molecule has 1 aromatic rings. The van der Waals surface area contributed by atoms with Crippen LogP contribution in [-0.4, -0.2) is 14.4 Å². The minimum Gasteiger partial charge on any atom is -0.394 e. The van der Waals surface area contributed by atoms with Crippen LogP contribution in [0, 0.1) is 11.6 Å². The SMILES string of the molecule is NC(=O)NS(=O)(=O)c1ccc(F)c(N)c1F. The van der Waals surface area contributed by atoms with Gasteiger partial charge in [0.1, 0.15) is 16.4 Å². The quantitative estimate of drug-likeness (QED) is 0.636. The van der Waals surface area contributed by atoms with Gasteiger partial charge in [-0.2, -0.15) is 0 Å². The van der Waals surface area contributed by atoms with E-state index >= 15 is 0 Å². The Morgan fingerprint density at radius 1 is 1.31 bits per heavy atom. The first-order valence-electron chi connectivity index (χ1n) is 3.81. The van der Waals surface area contributed by atoms with Crippen molar-refractivity contribution in [2.24, 2.45) is 5.73 Å².